The van der Waals surface area contributed by atoms with Gasteiger partial charge in [0.25, 0.3) is 0 Å². The summed E-state index contributed by atoms with van der Waals surface area (Å²) in [5.41, 5.74) is 5.68. The molecule has 0 spiro atoms. The van der Waals surface area contributed by atoms with Crippen molar-refractivity contribution in [2.45, 2.75) is 31.8 Å². The number of benzene rings is 1. The number of nitrogen functional groups attached to an aromatic ring is 1. The van der Waals surface area contributed by atoms with E-state index in [2.05, 4.69) is 4.90 Å². The van der Waals surface area contributed by atoms with Crippen molar-refractivity contribution in [1.82, 2.24) is 4.90 Å². The molecular weight excluding hydrogens is 248 g/mol. The molecule has 1 aromatic rings. The van der Waals surface area contributed by atoms with Crippen molar-refractivity contribution in [2.24, 2.45) is 0 Å². The molecule has 0 radical (unpaired) electrons. The van der Waals surface area contributed by atoms with Gasteiger partial charge in [-0.1, -0.05) is 0 Å². The van der Waals surface area contributed by atoms with E-state index in [0.717, 1.165) is 19.5 Å². The van der Waals surface area contributed by atoms with Crippen LogP contribution in [0.1, 0.15) is 19.8 Å². The van der Waals surface area contributed by atoms with Gasteiger partial charge in [-0.15, -0.1) is 0 Å². The quantitative estimate of drug-likeness (QED) is 0.792. The average Bonchev–Trinajstić information content (AvgIpc) is 2.74. The summed E-state index contributed by atoms with van der Waals surface area (Å²) in [6.45, 7) is 4.69. The van der Waals surface area contributed by atoms with Crippen LogP contribution < -0.4 is 10.6 Å². The summed E-state index contributed by atoms with van der Waals surface area (Å²) in [6.07, 6.45) is 2.29. The van der Waals surface area contributed by atoms with Crippen molar-refractivity contribution >= 4 is 11.4 Å². The van der Waals surface area contributed by atoms with Crippen LogP contribution in [0.15, 0.2) is 12.1 Å². The Balaban J connectivity index is 1.93. The van der Waals surface area contributed by atoms with Crippen LogP contribution in [-0.4, -0.2) is 36.6 Å². The predicted molar refractivity (Wildman–Crippen MR) is 72.2 cm³/mol. The highest BCUT2D eigenvalue weighted by Gasteiger charge is 2.36. The fraction of sp³-hybridized carbons (Fsp3) is 0.571. The van der Waals surface area contributed by atoms with E-state index >= 15 is 0 Å². The van der Waals surface area contributed by atoms with Gasteiger partial charge in [0.05, 0.1) is 0 Å². The molecule has 2 N–H and O–H groups in total. The van der Waals surface area contributed by atoms with Gasteiger partial charge >= 0.3 is 0 Å². The third-order valence-corrected chi connectivity index (χ3v) is 4.26. The molecule has 19 heavy (non-hydrogen) atoms. The van der Waals surface area contributed by atoms with E-state index in [1.165, 1.54) is 18.6 Å². The first-order valence-corrected chi connectivity index (χ1v) is 6.81. The number of anilines is 2. The molecule has 3 nitrogen and oxygen atoms in total. The van der Waals surface area contributed by atoms with Gasteiger partial charge in [0.15, 0.2) is 11.6 Å². The lowest BCUT2D eigenvalue weighted by Crippen LogP contribution is -2.55. The number of fused-ring (bicyclic) bond motifs is 1. The van der Waals surface area contributed by atoms with Gasteiger partial charge in [-0.2, -0.15) is 0 Å². The minimum absolute atomic E-state index is 0.0771. The van der Waals surface area contributed by atoms with E-state index in [-0.39, 0.29) is 17.4 Å². The Kier molecular flexibility index (Phi) is 3.09. The minimum Gasteiger partial charge on any atom is -0.399 e. The number of piperazine rings is 1. The molecule has 0 aliphatic carbocycles. The van der Waals surface area contributed by atoms with Gasteiger partial charge in [-0.05, 0) is 38.4 Å². The molecule has 0 saturated carbocycles. The predicted octanol–water partition coefficient (Wildman–Crippen LogP) is 2.22. The fourth-order valence-electron chi connectivity index (χ4n) is 3.36. The lowest BCUT2D eigenvalue weighted by Gasteiger charge is -2.43. The maximum absolute atomic E-state index is 14.0. The van der Waals surface area contributed by atoms with Crippen molar-refractivity contribution < 1.29 is 8.78 Å². The summed E-state index contributed by atoms with van der Waals surface area (Å²) in [7, 11) is 0. The smallest absolute Gasteiger partial charge is 0.151 e. The van der Waals surface area contributed by atoms with Crippen LogP contribution in [0.3, 0.4) is 0 Å². The van der Waals surface area contributed by atoms with Crippen LogP contribution in [0, 0.1) is 11.6 Å². The van der Waals surface area contributed by atoms with Crippen molar-refractivity contribution in [3.63, 3.8) is 0 Å². The first-order chi connectivity index (χ1) is 9.06. The molecule has 5 heteroatoms. The zero-order valence-corrected chi connectivity index (χ0v) is 11.1. The first-order valence-electron chi connectivity index (χ1n) is 6.81. The van der Waals surface area contributed by atoms with Gasteiger partial charge in [0, 0.05) is 30.9 Å². The summed E-state index contributed by atoms with van der Waals surface area (Å²) in [5.74, 6) is -1.12. The zero-order valence-electron chi connectivity index (χ0n) is 11.1. The lowest BCUT2D eigenvalue weighted by molar-refractivity contribution is 0.201. The molecule has 104 valence electrons. The van der Waals surface area contributed by atoms with E-state index in [4.69, 9.17) is 5.73 Å². The van der Waals surface area contributed by atoms with E-state index in [9.17, 15) is 8.78 Å². The molecule has 2 aliphatic rings. The molecule has 1 aromatic carbocycles. The molecule has 0 amide bonds. The third-order valence-electron chi connectivity index (χ3n) is 4.26. The molecule has 2 unspecified atom stereocenters. The Bertz CT molecular complexity index is 469. The monoisotopic (exact) mass is 267 g/mol. The number of hydrogen-bond acceptors (Lipinski definition) is 3. The van der Waals surface area contributed by atoms with Crippen molar-refractivity contribution in [2.75, 3.05) is 30.3 Å². The summed E-state index contributed by atoms with van der Waals surface area (Å²) in [6, 6.07) is 2.94. The van der Waals surface area contributed by atoms with Crippen molar-refractivity contribution in [1.29, 1.82) is 0 Å². The summed E-state index contributed by atoms with van der Waals surface area (Å²) in [5, 5.41) is 0. The Morgan fingerprint density at radius 2 is 1.89 bits per heavy atom. The van der Waals surface area contributed by atoms with Crippen LogP contribution in [0.2, 0.25) is 0 Å². The van der Waals surface area contributed by atoms with Gasteiger partial charge in [-0.3, -0.25) is 4.90 Å². The number of hydrogen-bond donors (Lipinski definition) is 1. The highest BCUT2D eigenvalue weighted by atomic mass is 19.1. The third kappa shape index (κ3) is 2.16. The largest absolute Gasteiger partial charge is 0.399 e. The molecule has 2 saturated heterocycles. The van der Waals surface area contributed by atoms with E-state index in [1.54, 1.807) is 0 Å². The Labute approximate surface area is 112 Å². The molecule has 2 fully saturated rings. The highest BCUT2D eigenvalue weighted by Crippen LogP contribution is 2.32. The normalized spacial score (nSPS) is 27.6. The second-order valence-electron chi connectivity index (χ2n) is 5.63. The van der Waals surface area contributed by atoms with Crippen LogP contribution in [-0.2, 0) is 0 Å². The molecule has 0 bridgehead atoms. The number of rotatable bonds is 1. The Morgan fingerprint density at radius 3 is 2.58 bits per heavy atom. The molecule has 2 aliphatic heterocycles. The maximum atomic E-state index is 14.0. The Morgan fingerprint density at radius 1 is 1.21 bits per heavy atom. The minimum atomic E-state index is -0.559. The molecule has 2 atom stereocenters. The van der Waals surface area contributed by atoms with Crippen molar-refractivity contribution in [3.05, 3.63) is 23.8 Å². The number of nitrogens with zero attached hydrogens (tertiary/aromatic N) is 2. The molecular formula is C14H19F2N3. The van der Waals surface area contributed by atoms with Gasteiger partial charge in [-0.25, -0.2) is 8.78 Å². The summed E-state index contributed by atoms with van der Waals surface area (Å²) < 4.78 is 28.1. The highest BCUT2D eigenvalue weighted by molar-refractivity contribution is 5.57. The SMILES string of the molecule is CC1CN2CCCC2CN1c1c(F)cc(N)cc1F. The van der Waals surface area contributed by atoms with E-state index in [0.29, 0.717) is 12.6 Å². The van der Waals surface area contributed by atoms with Crippen LogP contribution in [0.25, 0.3) is 0 Å². The Hall–Kier alpha value is -1.36. The number of halogens is 2. The van der Waals surface area contributed by atoms with Crippen LogP contribution in [0.4, 0.5) is 20.2 Å². The fourth-order valence-corrected chi connectivity index (χ4v) is 3.36. The summed E-state index contributed by atoms with van der Waals surface area (Å²) in [4.78, 5) is 4.28. The second kappa shape index (κ2) is 4.63. The second-order valence-corrected chi connectivity index (χ2v) is 5.63. The van der Waals surface area contributed by atoms with Crippen LogP contribution in [0.5, 0.6) is 0 Å². The summed E-state index contributed by atoms with van der Waals surface area (Å²) >= 11 is 0. The van der Waals surface area contributed by atoms with Gasteiger partial charge in [0.2, 0.25) is 0 Å². The van der Waals surface area contributed by atoms with Gasteiger partial charge in [0.1, 0.15) is 5.69 Å². The maximum Gasteiger partial charge on any atom is 0.151 e. The first kappa shape index (κ1) is 12.7. The standard InChI is InChI=1S/C14H19F2N3/c1-9-7-18-4-2-3-11(18)8-19(9)14-12(15)5-10(17)6-13(14)16/h5-6,9,11H,2-4,7-8,17H2,1H3. The zero-order chi connectivity index (χ0) is 13.6. The topological polar surface area (TPSA) is 32.5 Å². The average molecular weight is 267 g/mol. The number of nitrogens with two attached hydrogens (primary N) is 1. The van der Waals surface area contributed by atoms with Crippen LogP contribution >= 0.6 is 0 Å². The van der Waals surface area contributed by atoms with Crippen molar-refractivity contribution in [3.8, 4) is 0 Å². The van der Waals surface area contributed by atoms with E-state index in [1.807, 2.05) is 11.8 Å². The molecule has 0 aromatic heterocycles. The van der Waals surface area contributed by atoms with Gasteiger partial charge < -0.3 is 10.6 Å². The molecule has 3 rings (SSSR count). The molecule has 2 heterocycles. The lowest BCUT2D eigenvalue weighted by atomic mass is 10.1. The van der Waals surface area contributed by atoms with E-state index < -0.39 is 11.6 Å².